The Morgan fingerprint density at radius 3 is 1.20 bits per heavy atom. The van der Waals surface area contributed by atoms with Gasteiger partial charge in [-0.1, -0.05) is 204 Å². The molecule has 0 aromatic heterocycles. The molecule has 0 rings (SSSR count). The number of hydrogen-bond donors (Lipinski definition) is 4. The van der Waals surface area contributed by atoms with Crippen molar-refractivity contribution in [3.05, 3.63) is 36.5 Å². The highest BCUT2D eigenvalue weighted by molar-refractivity contribution is 5.80. The number of allylic oxidation sites excluding steroid dienone is 5. The maximum atomic E-state index is 12.4. The van der Waals surface area contributed by atoms with Crippen LogP contribution in [0.5, 0.6) is 0 Å². The van der Waals surface area contributed by atoms with Crippen LogP contribution in [0.2, 0.25) is 0 Å². The van der Waals surface area contributed by atoms with Gasteiger partial charge in [0, 0.05) is 0 Å². The minimum Gasteiger partial charge on any atom is -0.394 e. The van der Waals surface area contributed by atoms with Crippen LogP contribution in [0.3, 0.4) is 0 Å². The summed E-state index contributed by atoms with van der Waals surface area (Å²) < 4.78 is 0. The normalized spacial score (nSPS) is 13.9. The van der Waals surface area contributed by atoms with Crippen molar-refractivity contribution in [1.29, 1.82) is 0 Å². The summed E-state index contributed by atoms with van der Waals surface area (Å²) in [5.41, 5.74) is 0. The van der Waals surface area contributed by atoms with Crippen LogP contribution in [-0.2, 0) is 4.79 Å². The molecule has 0 heterocycles. The van der Waals surface area contributed by atoms with Gasteiger partial charge in [-0.05, 0) is 57.8 Å². The standard InChI is InChI=1S/C46H87NO4/c1-3-5-7-9-11-13-15-17-18-19-20-21-22-23-24-25-26-27-29-31-33-35-37-39-41-45(50)46(51)47-43(42-48)44(49)40-38-36-34-32-30-28-16-14-12-10-8-6-4-2/h23-24,30,32,38,40,43-45,48-50H,3-22,25-29,31,33-37,39,41-42H2,1-2H3,(H,47,51)/b24-23-,32-30+,40-38+. The van der Waals surface area contributed by atoms with Crippen LogP contribution < -0.4 is 5.32 Å². The lowest BCUT2D eigenvalue weighted by Crippen LogP contribution is -2.48. The zero-order chi connectivity index (χ0) is 37.3. The third kappa shape index (κ3) is 36.7. The van der Waals surface area contributed by atoms with Crippen molar-refractivity contribution in [3.8, 4) is 0 Å². The average molecular weight is 718 g/mol. The molecule has 300 valence electrons. The highest BCUT2D eigenvalue weighted by atomic mass is 16.3. The van der Waals surface area contributed by atoms with E-state index < -0.39 is 24.2 Å². The highest BCUT2D eigenvalue weighted by Crippen LogP contribution is 2.15. The second-order valence-corrected chi connectivity index (χ2v) is 15.2. The fraction of sp³-hybridized carbons (Fsp3) is 0.848. The van der Waals surface area contributed by atoms with E-state index in [9.17, 15) is 20.1 Å². The molecule has 0 aromatic carbocycles. The molecule has 0 aliphatic rings. The van der Waals surface area contributed by atoms with Crippen molar-refractivity contribution in [1.82, 2.24) is 5.32 Å². The fourth-order valence-corrected chi connectivity index (χ4v) is 6.67. The Morgan fingerprint density at radius 1 is 0.471 bits per heavy atom. The van der Waals surface area contributed by atoms with Crippen LogP contribution in [0.4, 0.5) is 0 Å². The first-order valence-electron chi connectivity index (χ1n) is 22.3. The number of hydrogen-bond acceptors (Lipinski definition) is 4. The zero-order valence-corrected chi connectivity index (χ0v) is 34.0. The quantitative estimate of drug-likeness (QED) is 0.0375. The highest BCUT2D eigenvalue weighted by Gasteiger charge is 2.22. The maximum Gasteiger partial charge on any atom is 0.249 e. The van der Waals surface area contributed by atoms with E-state index in [0.717, 1.165) is 38.5 Å². The Bertz CT molecular complexity index is 794. The molecule has 3 atom stereocenters. The van der Waals surface area contributed by atoms with Gasteiger partial charge in [-0.25, -0.2) is 0 Å². The number of carbonyl (C=O) groups excluding carboxylic acids is 1. The van der Waals surface area contributed by atoms with Crippen LogP contribution in [0.15, 0.2) is 36.5 Å². The van der Waals surface area contributed by atoms with Crippen LogP contribution in [0.1, 0.15) is 226 Å². The van der Waals surface area contributed by atoms with E-state index >= 15 is 0 Å². The topological polar surface area (TPSA) is 89.8 Å². The summed E-state index contributed by atoms with van der Waals surface area (Å²) in [6, 6.07) is -0.814. The predicted octanol–water partition coefficient (Wildman–Crippen LogP) is 12.8. The first-order chi connectivity index (χ1) is 25.1. The van der Waals surface area contributed by atoms with Crippen molar-refractivity contribution in [2.24, 2.45) is 0 Å². The molecular formula is C46H87NO4. The predicted molar refractivity (Wildman–Crippen MR) is 222 cm³/mol. The Kier molecular flexibility index (Phi) is 40.2. The summed E-state index contributed by atoms with van der Waals surface area (Å²) in [5.74, 6) is -0.516. The number of rotatable bonds is 40. The summed E-state index contributed by atoms with van der Waals surface area (Å²) in [4.78, 5) is 12.4. The minimum absolute atomic E-state index is 0.377. The Morgan fingerprint density at radius 2 is 0.804 bits per heavy atom. The molecule has 0 aliphatic heterocycles. The van der Waals surface area contributed by atoms with Crippen LogP contribution in [0, 0.1) is 0 Å². The third-order valence-electron chi connectivity index (χ3n) is 10.2. The monoisotopic (exact) mass is 718 g/mol. The second kappa shape index (κ2) is 41.3. The minimum atomic E-state index is -1.11. The van der Waals surface area contributed by atoms with E-state index in [2.05, 4.69) is 43.5 Å². The van der Waals surface area contributed by atoms with Crippen molar-refractivity contribution in [2.45, 2.75) is 244 Å². The molecule has 3 unspecified atom stereocenters. The smallest absolute Gasteiger partial charge is 0.249 e. The Hall–Kier alpha value is -1.43. The van der Waals surface area contributed by atoms with Crippen molar-refractivity contribution >= 4 is 5.91 Å². The Balaban J connectivity index is 3.65. The first kappa shape index (κ1) is 49.6. The van der Waals surface area contributed by atoms with Gasteiger partial charge < -0.3 is 20.6 Å². The molecule has 0 aliphatic carbocycles. The molecule has 0 bridgehead atoms. The summed E-state index contributed by atoms with van der Waals surface area (Å²) in [7, 11) is 0. The van der Waals surface area contributed by atoms with Crippen LogP contribution in [0.25, 0.3) is 0 Å². The maximum absolute atomic E-state index is 12.4. The molecule has 5 heteroatoms. The van der Waals surface area contributed by atoms with Crippen molar-refractivity contribution in [3.63, 3.8) is 0 Å². The van der Waals surface area contributed by atoms with Gasteiger partial charge in [-0.2, -0.15) is 0 Å². The molecular weight excluding hydrogens is 631 g/mol. The van der Waals surface area contributed by atoms with E-state index in [4.69, 9.17) is 0 Å². The van der Waals surface area contributed by atoms with Gasteiger partial charge >= 0.3 is 0 Å². The first-order valence-corrected chi connectivity index (χ1v) is 22.3. The molecule has 4 N–H and O–H groups in total. The number of aliphatic hydroxyl groups is 3. The van der Waals surface area contributed by atoms with Gasteiger partial charge in [0.1, 0.15) is 6.10 Å². The molecule has 0 aromatic rings. The van der Waals surface area contributed by atoms with E-state index in [-0.39, 0.29) is 6.61 Å². The second-order valence-electron chi connectivity index (χ2n) is 15.2. The number of nitrogens with one attached hydrogen (secondary N) is 1. The molecule has 51 heavy (non-hydrogen) atoms. The van der Waals surface area contributed by atoms with E-state index in [1.165, 1.54) is 167 Å². The lowest BCUT2D eigenvalue weighted by atomic mass is 10.0. The molecule has 0 radical (unpaired) electrons. The van der Waals surface area contributed by atoms with Gasteiger partial charge in [0.05, 0.1) is 18.8 Å². The molecule has 0 saturated carbocycles. The zero-order valence-electron chi connectivity index (χ0n) is 34.0. The van der Waals surface area contributed by atoms with E-state index in [0.29, 0.717) is 6.42 Å². The van der Waals surface area contributed by atoms with Crippen LogP contribution >= 0.6 is 0 Å². The van der Waals surface area contributed by atoms with Crippen LogP contribution in [-0.4, -0.2) is 46.1 Å². The molecule has 5 nitrogen and oxygen atoms in total. The lowest BCUT2D eigenvalue weighted by molar-refractivity contribution is -0.131. The van der Waals surface area contributed by atoms with Crippen molar-refractivity contribution in [2.75, 3.05) is 6.61 Å². The van der Waals surface area contributed by atoms with Gasteiger partial charge in [0.15, 0.2) is 0 Å². The number of aliphatic hydroxyl groups excluding tert-OH is 3. The average Bonchev–Trinajstić information content (AvgIpc) is 3.13. The number of unbranched alkanes of at least 4 members (excludes halogenated alkanes) is 28. The van der Waals surface area contributed by atoms with Crippen molar-refractivity contribution < 1.29 is 20.1 Å². The summed E-state index contributed by atoms with van der Waals surface area (Å²) >= 11 is 0. The third-order valence-corrected chi connectivity index (χ3v) is 10.2. The summed E-state index contributed by atoms with van der Waals surface area (Å²) in [6.07, 6.45) is 51.8. The Labute approximate surface area is 317 Å². The molecule has 0 spiro atoms. The molecule has 1 amide bonds. The number of amides is 1. The number of carbonyl (C=O) groups is 1. The van der Waals surface area contributed by atoms with Gasteiger partial charge in [0.2, 0.25) is 5.91 Å². The van der Waals surface area contributed by atoms with Gasteiger partial charge in [0.25, 0.3) is 0 Å². The molecule has 0 saturated heterocycles. The van der Waals surface area contributed by atoms with E-state index in [1.54, 1.807) is 6.08 Å². The summed E-state index contributed by atoms with van der Waals surface area (Å²) in [5, 5.41) is 33.1. The van der Waals surface area contributed by atoms with Gasteiger partial charge in [-0.3, -0.25) is 4.79 Å². The lowest BCUT2D eigenvalue weighted by Gasteiger charge is -2.21. The van der Waals surface area contributed by atoms with E-state index in [1.807, 2.05) is 6.08 Å². The molecule has 0 fully saturated rings. The summed E-state index contributed by atoms with van der Waals surface area (Å²) in [6.45, 7) is 4.16. The van der Waals surface area contributed by atoms with Gasteiger partial charge in [-0.15, -0.1) is 0 Å². The fourth-order valence-electron chi connectivity index (χ4n) is 6.67. The largest absolute Gasteiger partial charge is 0.394 e. The SMILES string of the molecule is CCCCCCCCC/C=C/CC/C=C/C(O)C(CO)NC(=O)C(O)CCCCCCCCCC/C=C\CCCCCCCCCCCCCC.